The molecule has 0 unspecified atom stereocenters. The monoisotopic (exact) mass is 300 g/mol. The van der Waals surface area contributed by atoms with Gasteiger partial charge in [0, 0.05) is 11.9 Å². The molecule has 0 aromatic heterocycles. The first-order valence-electron chi connectivity index (χ1n) is 6.39. The molecule has 0 spiro atoms. The summed E-state index contributed by atoms with van der Waals surface area (Å²) < 4.78 is 17.0. The maximum absolute atomic E-state index is 6.15. The van der Waals surface area contributed by atoms with Crippen LogP contribution in [0.1, 0.15) is 6.42 Å². The van der Waals surface area contributed by atoms with Crippen LogP contribution in [0.5, 0.6) is 0 Å². The van der Waals surface area contributed by atoms with Gasteiger partial charge in [-0.15, -0.1) is 0 Å². The first-order chi connectivity index (χ1) is 8.31. The lowest BCUT2D eigenvalue weighted by Crippen LogP contribution is -2.42. The fraction of sp³-hybridized carbons (Fsp3) is 0.846. The molecule has 3 aliphatic carbocycles. The van der Waals surface area contributed by atoms with Crippen molar-refractivity contribution in [1.82, 2.24) is 0 Å². The summed E-state index contributed by atoms with van der Waals surface area (Å²) in [5, 5.41) is 0. The van der Waals surface area contributed by atoms with E-state index in [9.17, 15) is 0 Å². The van der Waals surface area contributed by atoms with Gasteiger partial charge in [0.05, 0.1) is 18.3 Å². The maximum atomic E-state index is 6.15. The van der Waals surface area contributed by atoms with Gasteiger partial charge in [-0.25, -0.2) is 0 Å². The SMILES string of the molecule is COCO[C@H]1C=C[C@H]2O[C@H]3[C@H](Br)[C@@H]4C[C@H]3[C@H]2[C@@H]41. The van der Waals surface area contributed by atoms with Crippen LogP contribution in [0.4, 0.5) is 0 Å². The van der Waals surface area contributed by atoms with E-state index in [1.807, 2.05) is 0 Å². The molecule has 0 aromatic rings. The summed E-state index contributed by atoms with van der Waals surface area (Å²) in [6.07, 6.45) is 6.70. The van der Waals surface area contributed by atoms with Crippen molar-refractivity contribution >= 4 is 15.9 Å². The number of alkyl halides is 1. The molecule has 3 fully saturated rings. The second-order valence-electron chi connectivity index (χ2n) is 5.65. The van der Waals surface area contributed by atoms with Crippen molar-refractivity contribution in [2.24, 2.45) is 23.7 Å². The molecular weight excluding hydrogens is 284 g/mol. The maximum Gasteiger partial charge on any atom is 0.147 e. The smallest absolute Gasteiger partial charge is 0.147 e. The van der Waals surface area contributed by atoms with Crippen LogP contribution in [0.25, 0.3) is 0 Å². The fourth-order valence-corrected chi connectivity index (χ4v) is 5.67. The highest BCUT2D eigenvalue weighted by Gasteiger charge is 2.66. The Labute approximate surface area is 110 Å². The van der Waals surface area contributed by atoms with E-state index in [1.165, 1.54) is 6.42 Å². The molecule has 2 bridgehead atoms. The topological polar surface area (TPSA) is 27.7 Å². The van der Waals surface area contributed by atoms with Crippen molar-refractivity contribution in [3.63, 3.8) is 0 Å². The van der Waals surface area contributed by atoms with Crippen LogP contribution >= 0.6 is 15.9 Å². The van der Waals surface area contributed by atoms with Gasteiger partial charge in [-0.3, -0.25) is 0 Å². The summed E-state index contributed by atoms with van der Waals surface area (Å²) in [6, 6.07) is 0. The lowest BCUT2D eigenvalue weighted by molar-refractivity contribution is -0.0901. The van der Waals surface area contributed by atoms with Crippen molar-refractivity contribution in [2.45, 2.75) is 29.6 Å². The minimum absolute atomic E-state index is 0.217. The van der Waals surface area contributed by atoms with Crippen molar-refractivity contribution in [2.75, 3.05) is 13.9 Å². The standard InChI is InChI=1S/C13H17BrO3/c1-15-5-16-8-2-3-9-11-7-4-6(10(8)11)12(14)13(7)17-9/h2-3,6-13H,4-5H2,1H3/t6-,7+,8+,9-,10+,11-,12-,13-/m1/s1. The Morgan fingerprint density at radius 3 is 3.00 bits per heavy atom. The molecule has 0 N–H and O–H groups in total. The van der Waals surface area contributed by atoms with E-state index in [4.69, 9.17) is 14.2 Å². The van der Waals surface area contributed by atoms with E-state index in [1.54, 1.807) is 7.11 Å². The number of hydrogen-bond acceptors (Lipinski definition) is 3. The summed E-state index contributed by atoms with van der Waals surface area (Å²) >= 11 is 3.84. The van der Waals surface area contributed by atoms with E-state index in [-0.39, 0.29) is 6.10 Å². The number of methoxy groups -OCH3 is 1. The second-order valence-corrected chi connectivity index (χ2v) is 6.71. The van der Waals surface area contributed by atoms with Crippen LogP contribution < -0.4 is 0 Å². The van der Waals surface area contributed by atoms with E-state index in [2.05, 4.69) is 28.1 Å². The number of ether oxygens (including phenoxy) is 3. The quantitative estimate of drug-likeness (QED) is 0.453. The molecule has 94 valence electrons. The first kappa shape index (κ1) is 11.0. The van der Waals surface area contributed by atoms with Crippen molar-refractivity contribution in [3.05, 3.63) is 12.2 Å². The van der Waals surface area contributed by atoms with Gasteiger partial charge in [0.1, 0.15) is 6.79 Å². The zero-order chi connectivity index (χ0) is 11.6. The van der Waals surface area contributed by atoms with Crippen LogP contribution in [-0.4, -0.2) is 37.0 Å². The lowest BCUT2D eigenvalue weighted by Gasteiger charge is -2.37. The predicted octanol–water partition coefficient (Wildman–Crippen LogP) is 1.96. The Hall–Kier alpha value is 0.100. The normalized spacial score (nSPS) is 58.0. The Bertz CT molecular complexity index is 359. The van der Waals surface area contributed by atoms with Gasteiger partial charge in [-0.1, -0.05) is 28.1 Å². The number of halogens is 1. The van der Waals surface area contributed by atoms with Crippen LogP contribution in [0, 0.1) is 23.7 Å². The summed E-state index contributed by atoms with van der Waals surface area (Å²) in [4.78, 5) is 0.521. The molecule has 4 rings (SSSR count). The van der Waals surface area contributed by atoms with Gasteiger partial charge in [-0.05, 0) is 30.1 Å². The average molecular weight is 301 g/mol. The molecule has 0 radical (unpaired) electrons. The average Bonchev–Trinajstić information content (AvgIpc) is 2.95. The van der Waals surface area contributed by atoms with Gasteiger partial charge < -0.3 is 14.2 Å². The molecular formula is C13H17BrO3. The first-order valence-corrected chi connectivity index (χ1v) is 7.31. The molecule has 1 saturated heterocycles. The Morgan fingerprint density at radius 2 is 2.18 bits per heavy atom. The van der Waals surface area contributed by atoms with Gasteiger partial charge in [-0.2, -0.15) is 0 Å². The summed E-state index contributed by atoms with van der Waals surface area (Å²) in [5.74, 6) is 2.77. The van der Waals surface area contributed by atoms with E-state index in [0.717, 1.165) is 5.92 Å². The summed E-state index contributed by atoms with van der Waals surface area (Å²) in [7, 11) is 1.68. The van der Waals surface area contributed by atoms with Crippen molar-refractivity contribution < 1.29 is 14.2 Å². The predicted molar refractivity (Wildman–Crippen MR) is 65.8 cm³/mol. The summed E-state index contributed by atoms with van der Waals surface area (Å²) in [6.45, 7) is 0.386. The minimum Gasteiger partial charge on any atom is -0.369 e. The lowest BCUT2D eigenvalue weighted by atomic mass is 9.72. The summed E-state index contributed by atoms with van der Waals surface area (Å²) in [5.41, 5.74) is 0. The molecule has 17 heavy (non-hydrogen) atoms. The van der Waals surface area contributed by atoms with Crippen LogP contribution in [0.3, 0.4) is 0 Å². The fourth-order valence-electron chi connectivity index (χ4n) is 4.58. The van der Waals surface area contributed by atoms with Gasteiger partial charge in [0.15, 0.2) is 0 Å². The molecule has 1 heterocycles. The molecule has 0 aromatic carbocycles. The van der Waals surface area contributed by atoms with E-state index >= 15 is 0 Å². The third-order valence-electron chi connectivity index (χ3n) is 5.06. The Balaban J connectivity index is 1.65. The number of hydrogen-bond donors (Lipinski definition) is 0. The molecule has 1 aliphatic heterocycles. The molecule has 4 aliphatic rings. The molecule has 8 atom stereocenters. The minimum atomic E-state index is 0.217. The molecule has 2 saturated carbocycles. The second kappa shape index (κ2) is 3.80. The van der Waals surface area contributed by atoms with Crippen molar-refractivity contribution in [3.8, 4) is 0 Å². The highest BCUT2D eigenvalue weighted by molar-refractivity contribution is 9.09. The zero-order valence-corrected chi connectivity index (χ0v) is 11.4. The third-order valence-corrected chi connectivity index (χ3v) is 6.26. The molecule has 3 nitrogen and oxygen atoms in total. The highest BCUT2D eigenvalue weighted by atomic mass is 79.9. The Morgan fingerprint density at radius 1 is 1.29 bits per heavy atom. The highest BCUT2D eigenvalue weighted by Crippen LogP contribution is 2.64. The number of fused-ring (bicyclic) bond motifs is 2. The van der Waals surface area contributed by atoms with Crippen LogP contribution in [0.2, 0.25) is 0 Å². The Kier molecular flexibility index (Phi) is 2.45. The third kappa shape index (κ3) is 1.33. The zero-order valence-electron chi connectivity index (χ0n) is 9.79. The molecule has 0 amide bonds. The van der Waals surface area contributed by atoms with E-state index in [0.29, 0.717) is 41.6 Å². The largest absolute Gasteiger partial charge is 0.369 e. The van der Waals surface area contributed by atoms with Crippen molar-refractivity contribution in [1.29, 1.82) is 0 Å². The van der Waals surface area contributed by atoms with E-state index < -0.39 is 0 Å². The van der Waals surface area contributed by atoms with Crippen LogP contribution in [0.15, 0.2) is 12.2 Å². The van der Waals surface area contributed by atoms with Gasteiger partial charge in [0.2, 0.25) is 0 Å². The van der Waals surface area contributed by atoms with Gasteiger partial charge in [0.25, 0.3) is 0 Å². The van der Waals surface area contributed by atoms with Crippen LogP contribution in [-0.2, 0) is 14.2 Å². The van der Waals surface area contributed by atoms with Gasteiger partial charge >= 0.3 is 0 Å². The molecule has 4 heteroatoms. The number of rotatable bonds is 3.